The number of nitrogens with zero attached hydrogens (tertiary/aromatic N) is 3. The summed E-state index contributed by atoms with van der Waals surface area (Å²) in [6, 6.07) is 17.0. The van der Waals surface area contributed by atoms with E-state index in [1.807, 2.05) is 44.2 Å². The Morgan fingerprint density at radius 3 is 2.50 bits per heavy atom. The van der Waals surface area contributed by atoms with Crippen molar-refractivity contribution in [3.8, 4) is 5.69 Å². The Labute approximate surface area is 174 Å². The van der Waals surface area contributed by atoms with Gasteiger partial charge in [0.05, 0.1) is 10.6 Å². The minimum Gasteiger partial charge on any atom is -0.307 e. The quantitative estimate of drug-likeness (QED) is 0.658. The smallest absolute Gasteiger partial charge is 0.263 e. The van der Waals surface area contributed by atoms with E-state index in [2.05, 4.69) is 20.1 Å². The molecule has 0 saturated carbocycles. The molecule has 1 aromatic heterocycles. The third-order valence-corrected chi connectivity index (χ3v) is 6.09. The molecule has 2 heterocycles. The number of nitrogens with one attached hydrogen (secondary N) is 2. The van der Waals surface area contributed by atoms with Crippen LogP contribution in [-0.4, -0.2) is 36.0 Å². The zero-order chi connectivity index (χ0) is 21.3. The van der Waals surface area contributed by atoms with Gasteiger partial charge in [0.25, 0.3) is 15.9 Å². The molecule has 0 saturated heterocycles. The summed E-state index contributed by atoms with van der Waals surface area (Å²) in [5.74, 6) is 0.0433. The van der Waals surface area contributed by atoms with Crippen LogP contribution in [0.25, 0.3) is 5.69 Å². The summed E-state index contributed by atoms with van der Waals surface area (Å²) in [7, 11) is -3.67. The Morgan fingerprint density at radius 2 is 1.77 bits per heavy atom. The maximum absolute atomic E-state index is 12.9. The van der Waals surface area contributed by atoms with E-state index in [-0.39, 0.29) is 22.6 Å². The first-order chi connectivity index (χ1) is 14.3. The lowest BCUT2D eigenvalue weighted by Crippen LogP contribution is -2.34. The summed E-state index contributed by atoms with van der Waals surface area (Å²) in [5.41, 5.74) is 1.33. The van der Waals surface area contributed by atoms with E-state index in [0.717, 1.165) is 5.69 Å². The first-order valence-corrected chi connectivity index (χ1v) is 11.0. The number of fused-ring (bicyclic) bond motifs is 1. The van der Waals surface area contributed by atoms with E-state index in [0.29, 0.717) is 11.4 Å². The molecule has 1 atom stereocenters. The van der Waals surface area contributed by atoms with Crippen LogP contribution in [0.3, 0.4) is 0 Å². The minimum atomic E-state index is -3.67. The van der Waals surface area contributed by atoms with Crippen molar-refractivity contribution in [2.24, 2.45) is 10.9 Å². The number of anilines is 1. The number of hydrogen-bond donors (Lipinski definition) is 2. The number of para-hydroxylation sites is 1. The maximum atomic E-state index is 12.9. The molecular formula is C21H21N5O3S. The fourth-order valence-corrected chi connectivity index (χ4v) is 4.43. The molecule has 0 fully saturated rings. The Morgan fingerprint density at radius 1 is 1.07 bits per heavy atom. The van der Waals surface area contributed by atoms with Crippen LogP contribution in [0, 0.1) is 5.92 Å². The summed E-state index contributed by atoms with van der Waals surface area (Å²) in [4.78, 5) is 17.5. The Balaban J connectivity index is 1.58. The normalized spacial score (nSPS) is 16.8. The van der Waals surface area contributed by atoms with Crippen molar-refractivity contribution >= 4 is 27.6 Å². The number of amides is 1. The van der Waals surface area contributed by atoms with Gasteiger partial charge in [-0.25, -0.2) is 13.1 Å². The van der Waals surface area contributed by atoms with Crippen molar-refractivity contribution in [3.63, 3.8) is 0 Å². The summed E-state index contributed by atoms with van der Waals surface area (Å²) in [5, 5.41) is 7.15. The molecule has 2 aromatic carbocycles. The van der Waals surface area contributed by atoms with Gasteiger partial charge in [0.2, 0.25) is 0 Å². The molecule has 2 N–H and O–H groups in total. The van der Waals surface area contributed by atoms with Crippen molar-refractivity contribution < 1.29 is 13.2 Å². The van der Waals surface area contributed by atoms with E-state index in [1.165, 1.54) is 6.07 Å². The first-order valence-electron chi connectivity index (χ1n) is 9.47. The van der Waals surface area contributed by atoms with Crippen LogP contribution < -0.4 is 10.0 Å². The van der Waals surface area contributed by atoms with Crippen LogP contribution in [0.1, 0.15) is 19.4 Å². The highest BCUT2D eigenvalue weighted by atomic mass is 32.2. The SMILES string of the molecule is CC(C)[C@H](N=C1NS(=O)(=O)c2ccccc21)C(=O)Nc1ccn(-c2ccccc2)n1. The third-order valence-electron chi connectivity index (χ3n) is 4.69. The zero-order valence-electron chi connectivity index (χ0n) is 16.5. The molecule has 1 amide bonds. The van der Waals surface area contributed by atoms with Gasteiger partial charge in [-0.3, -0.25) is 14.5 Å². The molecule has 0 radical (unpaired) electrons. The molecule has 30 heavy (non-hydrogen) atoms. The van der Waals surface area contributed by atoms with Crippen LogP contribution in [0.15, 0.2) is 76.7 Å². The fourth-order valence-electron chi connectivity index (χ4n) is 3.19. The maximum Gasteiger partial charge on any atom is 0.263 e. The number of aliphatic imine (C=N–C) groups is 1. The number of carbonyl (C=O) groups excluding carboxylic acids is 1. The third kappa shape index (κ3) is 3.84. The van der Waals surface area contributed by atoms with Crippen molar-refractivity contribution in [2.75, 3.05) is 5.32 Å². The number of sulfonamides is 1. The van der Waals surface area contributed by atoms with Gasteiger partial charge in [-0.15, -0.1) is 0 Å². The summed E-state index contributed by atoms with van der Waals surface area (Å²) >= 11 is 0. The molecule has 0 spiro atoms. The highest BCUT2D eigenvalue weighted by molar-refractivity contribution is 7.90. The van der Waals surface area contributed by atoms with Gasteiger partial charge in [-0.2, -0.15) is 5.10 Å². The van der Waals surface area contributed by atoms with E-state index >= 15 is 0 Å². The Hall–Kier alpha value is -3.46. The first kappa shape index (κ1) is 19.8. The summed E-state index contributed by atoms with van der Waals surface area (Å²) in [6.45, 7) is 3.71. The lowest BCUT2D eigenvalue weighted by molar-refractivity contribution is -0.118. The van der Waals surface area contributed by atoms with Gasteiger partial charge in [-0.05, 0) is 30.2 Å². The molecule has 4 rings (SSSR count). The standard InChI is InChI=1S/C21H21N5O3S/c1-14(2)19(23-20-16-10-6-7-11-17(16)30(28,29)25-20)21(27)22-18-12-13-26(24-18)15-8-4-3-5-9-15/h3-14,19H,1-2H3,(H,23,25)(H,22,24,27)/t19-/m0/s1. The molecule has 0 unspecified atom stereocenters. The van der Waals surface area contributed by atoms with Crippen LogP contribution >= 0.6 is 0 Å². The molecular weight excluding hydrogens is 402 g/mol. The average Bonchev–Trinajstić information content (AvgIpc) is 3.29. The lowest BCUT2D eigenvalue weighted by Gasteiger charge is -2.16. The van der Waals surface area contributed by atoms with Crippen LogP contribution in [-0.2, 0) is 14.8 Å². The van der Waals surface area contributed by atoms with Crippen LogP contribution in [0.4, 0.5) is 5.82 Å². The molecule has 8 nitrogen and oxygen atoms in total. The molecule has 1 aliphatic heterocycles. The van der Waals surface area contributed by atoms with E-state index in [4.69, 9.17) is 0 Å². The van der Waals surface area contributed by atoms with Crippen molar-refractivity contribution in [2.45, 2.75) is 24.8 Å². The summed E-state index contributed by atoms with van der Waals surface area (Å²) in [6.07, 6.45) is 1.75. The lowest BCUT2D eigenvalue weighted by atomic mass is 10.0. The van der Waals surface area contributed by atoms with Gasteiger partial charge in [-0.1, -0.05) is 44.2 Å². The number of hydrogen-bond acceptors (Lipinski definition) is 5. The van der Waals surface area contributed by atoms with Crippen LogP contribution in [0.2, 0.25) is 0 Å². The number of benzene rings is 2. The van der Waals surface area contributed by atoms with E-state index in [9.17, 15) is 13.2 Å². The molecule has 0 bridgehead atoms. The van der Waals surface area contributed by atoms with Crippen LogP contribution in [0.5, 0.6) is 0 Å². The molecule has 0 aliphatic carbocycles. The van der Waals surface area contributed by atoms with Crippen molar-refractivity contribution in [3.05, 3.63) is 72.4 Å². The van der Waals surface area contributed by atoms with Gasteiger partial charge in [0, 0.05) is 17.8 Å². The predicted molar refractivity (Wildman–Crippen MR) is 114 cm³/mol. The monoisotopic (exact) mass is 423 g/mol. The molecule has 9 heteroatoms. The van der Waals surface area contributed by atoms with Gasteiger partial charge < -0.3 is 5.32 Å². The second-order valence-corrected chi connectivity index (χ2v) is 8.89. The van der Waals surface area contributed by atoms with Crippen molar-refractivity contribution in [1.29, 1.82) is 0 Å². The molecule has 154 valence electrons. The molecule has 1 aliphatic rings. The largest absolute Gasteiger partial charge is 0.307 e. The van der Waals surface area contributed by atoms with E-state index < -0.39 is 16.1 Å². The Kier molecular flexibility index (Phi) is 5.13. The fraction of sp³-hybridized carbons (Fsp3) is 0.190. The zero-order valence-corrected chi connectivity index (χ0v) is 17.3. The highest BCUT2D eigenvalue weighted by Crippen LogP contribution is 2.23. The van der Waals surface area contributed by atoms with Gasteiger partial charge >= 0.3 is 0 Å². The number of rotatable bonds is 5. The van der Waals surface area contributed by atoms with E-state index in [1.54, 1.807) is 35.1 Å². The van der Waals surface area contributed by atoms with Gasteiger partial charge in [0.15, 0.2) is 5.82 Å². The topological polar surface area (TPSA) is 105 Å². The second kappa shape index (κ2) is 7.75. The number of amidine groups is 1. The second-order valence-electron chi connectivity index (χ2n) is 7.24. The Bertz CT molecular complexity index is 1220. The molecule has 3 aromatic rings. The minimum absolute atomic E-state index is 0.160. The average molecular weight is 423 g/mol. The number of aromatic nitrogens is 2. The van der Waals surface area contributed by atoms with Gasteiger partial charge in [0.1, 0.15) is 11.9 Å². The summed E-state index contributed by atoms with van der Waals surface area (Å²) < 4.78 is 28.7. The van der Waals surface area contributed by atoms with Crippen molar-refractivity contribution in [1.82, 2.24) is 14.5 Å². The highest BCUT2D eigenvalue weighted by Gasteiger charge is 2.32. The predicted octanol–water partition coefficient (Wildman–Crippen LogP) is 2.57. The number of carbonyl (C=O) groups is 1.